The van der Waals surface area contributed by atoms with Gasteiger partial charge in [-0.25, -0.2) is 0 Å². The minimum absolute atomic E-state index is 0.122. The maximum absolute atomic E-state index is 5.02. The van der Waals surface area contributed by atoms with Gasteiger partial charge in [-0.15, -0.1) is 0 Å². The summed E-state index contributed by atoms with van der Waals surface area (Å²) in [5, 5.41) is 0. The summed E-state index contributed by atoms with van der Waals surface area (Å²) in [6, 6.07) is 0. The summed E-state index contributed by atoms with van der Waals surface area (Å²) >= 11 is 0. The molecule has 0 saturated heterocycles. The molecule has 1 nitrogen and oxygen atoms in total. The predicted molar refractivity (Wildman–Crippen MR) is 98.2 cm³/mol. The van der Waals surface area contributed by atoms with E-state index in [1.165, 1.54) is 16.7 Å². The zero-order valence-electron chi connectivity index (χ0n) is 14.2. The lowest BCUT2D eigenvalue weighted by Gasteiger charge is -2.22. The molecule has 2 aliphatic rings. The van der Waals surface area contributed by atoms with Crippen LogP contribution in [0.4, 0.5) is 0 Å². The van der Waals surface area contributed by atoms with Crippen molar-refractivity contribution in [2.45, 2.75) is 39.7 Å². The molecular formula is C21H27N. The van der Waals surface area contributed by atoms with Gasteiger partial charge in [0.15, 0.2) is 0 Å². The topological polar surface area (TPSA) is 12.4 Å². The highest BCUT2D eigenvalue weighted by Gasteiger charge is 2.62. The number of rotatable bonds is 5. The average molecular weight is 293 g/mol. The molecule has 0 aliphatic heterocycles. The van der Waals surface area contributed by atoms with E-state index in [1.54, 1.807) is 0 Å². The second kappa shape index (κ2) is 6.91. The summed E-state index contributed by atoms with van der Waals surface area (Å²) in [4.78, 5) is 5.02. The third-order valence-electron chi connectivity index (χ3n) is 4.69. The van der Waals surface area contributed by atoms with Gasteiger partial charge >= 0.3 is 0 Å². The smallest absolute Gasteiger partial charge is 0.0991 e. The first kappa shape index (κ1) is 16.5. The Morgan fingerprint density at radius 1 is 1.27 bits per heavy atom. The molecule has 2 rings (SSSR count). The number of hydrogen-bond donors (Lipinski definition) is 0. The fraction of sp³-hybridized carbons (Fsp3) is 0.381. The van der Waals surface area contributed by atoms with Gasteiger partial charge in [-0.05, 0) is 43.2 Å². The minimum Gasteiger partial charge on any atom is -0.285 e. The molecule has 0 spiro atoms. The van der Waals surface area contributed by atoms with Crippen molar-refractivity contribution in [2.75, 3.05) is 0 Å². The first-order chi connectivity index (χ1) is 10.7. The van der Waals surface area contributed by atoms with Crippen LogP contribution in [0.1, 0.15) is 34.1 Å². The second-order valence-corrected chi connectivity index (χ2v) is 5.85. The van der Waals surface area contributed by atoms with Gasteiger partial charge < -0.3 is 0 Å². The summed E-state index contributed by atoms with van der Waals surface area (Å²) in [5.41, 5.74) is 3.87. The number of fused-ring (bicyclic) bond motifs is 1. The second-order valence-electron chi connectivity index (χ2n) is 5.85. The van der Waals surface area contributed by atoms with Crippen LogP contribution >= 0.6 is 0 Å². The van der Waals surface area contributed by atoms with E-state index in [9.17, 15) is 0 Å². The molecule has 1 saturated carbocycles. The lowest BCUT2D eigenvalue weighted by molar-refractivity contribution is 0.531. The lowest BCUT2D eigenvalue weighted by Crippen LogP contribution is -2.23. The predicted octanol–water partition coefficient (Wildman–Crippen LogP) is 5.60. The SMILES string of the molecule is C=CC1=C2C(C)C2(N=CCC)C(/C=C/C=CC)/C(=C\C)C=C1. The van der Waals surface area contributed by atoms with Crippen LogP contribution < -0.4 is 0 Å². The van der Waals surface area contributed by atoms with Crippen LogP contribution in [-0.2, 0) is 0 Å². The van der Waals surface area contributed by atoms with Crippen molar-refractivity contribution in [3.63, 3.8) is 0 Å². The van der Waals surface area contributed by atoms with Crippen LogP contribution in [0.15, 0.2) is 76.9 Å². The van der Waals surface area contributed by atoms with E-state index in [4.69, 9.17) is 4.99 Å². The molecule has 2 aliphatic carbocycles. The van der Waals surface area contributed by atoms with Crippen LogP contribution in [0.3, 0.4) is 0 Å². The van der Waals surface area contributed by atoms with E-state index in [-0.39, 0.29) is 11.5 Å². The Balaban J connectivity index is 2.60. The number of aliphatic imine (C=N–C) groups is 1. The van der Waals surface area contributed by atoms with Crippen molar-refractivity contribution in [3.05, 3.63) is 71.9 Å². The molecule has 0 radical (unpaired) electrons. The fourth-order valence-corrected chi connectivity index (χ4v) is 3.54. The first-order valence-corrected chi connectivity index (χ1v) is 8.21. The molecule has 0 heterocycles. The minimum atomic E-state index is -0.122. The molecule has 1 heteroatoms. The van der Waals surface area contributed by atoms with Gasteiger partial charge in [-0.1, -0.05) is 69.0 Å². The monoisotopic (exact) mass is 293 g/mol. The number of nitrogens with zero attached hydrogens (tertiary/aromatic N) is 1. The largest absolute Gasteiger partial charge is 0.285 e. The standard InChI is InChI=1S/C21H27N/c1-6-10-11-12-19-17(8-3)13-14-18(9-4)20-16(5)21(19,20)22-15-7-2/h6,8-16,19H,4,7H2,1-3,5H3/b10-6?,12-11+,17-8-,22-15?. The molecule has 0 aromatic heterocycles. The van der Waals surface area contributed by atoms with Gasteiger partial charge in [0.05, 0.1) is 5.54 Å². The highest BCUT2D eigenvalue weighted by Crippen LogP contribution is 2.62. The fourth-order valence-electron chi connectivity index (χ4n) is 3.54. The molecule has 3 unspecified atom stereocenters. The van der Waals surface area contributed by atoms with E-state index in [2.05, 4.69) is 76.1 Å². The van der Waals surface area contributed by atoms with Gasteiger partial charge in [0.1, 0.15) is 0 Å². The van der Waals surface area contributed by atoms with E-state index < -0.39 is 0 Å². The first-order valence-electron chi connectivity index (χ1n) is 8.21. The van der Waals surface area contributed by atoms with Crippen molar-refractivity contribution in [3.8, 4) is 0 Å². The molecule has 116 valence electrons. The van der Waals surface area contributed by atoms with E-state index in [0.717, 1.165) is 6.42 Å². The molecule has 1 fully saturated rings. The van der Waals surface area contributed by atoms with Gasteiger partial charge in [-0.2, -0.15) is 0 Å². The van der Waals surface area contributed by atoms with Crippen molar-refractivity contribution in [2.24, 2.45) is 16.8 Å². The van der Waals surface area contributed by atoms with Crippen molar-refractivity contribution < 1.29 is 0 Å². The Hall–Kier alpha value is -1.89. The third-order valence-corrected chi connectivity index (χ3v) is 4.69. The molecule has 22 heavy (non-hydrogen) atoms. The molecule has 0 aromatic rings. The highest BCUT2D eigenvalue weighted by atomic mass is 15.0. The van der Waals surface area contributed by atoms with Crippen LogP contribution in [-0.4, -0.2) is 11.8 Å². The Labute approximate surface area is 135 Å². The number of allylic oxidation sites excluding steroid dienone is 8. The Bertz CT molecular complexity index is 610. The van der Waals surface area contributed by atoms with Crippen LogP contribution in [0.5, 0.6) is 0 Å². The van der Waals surface area contributed by atoms with E-state index in [1.807, 2.05) is 13.0 Å². The van der Waals surface area contributed by atoms with Crippen molar-refractivity contribution in [1.82, 2.24) is 0 Å². The van der Waals surface area contributed by atoms with Gasteiger partial charge in [-0.3, -0.25) is 4.99 Å². The summed E-state index contributed by atoms with van der Waals surface area (Å²) in [6.45, 7) is 12.6. The molecule has 0 aromatic carbocycles. The molecule has 3 atom stereocenters. The normalized spacial score (nSPS) is 33.2. The molecule has 0 N–H and O–H groups in total. The summed E-state index contributed by atoms with van der Waals surface area (Å²) in [6.07, 6.45) is 20.2. The molecule has 0 amide bonds. The zero-order valence-corrected chi connectivity index (χ0v) is 14.2. The van der Waals surface area contributed by atoms with Crippen LogP contribution in [0.2, 0.25) is 0 Å². The van der Waals surface area contributed by atoms with Gasteiger partial charge in [0.25, 0.3) is 0 Å². The summed E-state index contributed by atoms with van der Waals surface area (Å²) < 4.78 is 0. The van der Waals surface area contributed by atoms with Gasteiger partial charge in [0, 0.05) is 11.8 Å². The van der Waals surface area contributed by atoms with Crippen molar-refractivity contribution in [1.29, 1.82) is 0 Å². The third kappa shape index (κ3) is 2.61. The Morgan fingerprint density at radius 3 is 2.64 bits per heavy atom. The lowest BCUT2D eigenvalue weighted by atomic mass is 9.87. The van der Waals surface area contributed by atoms with E-state index >= 15 is 0 Å². The van der Waals surface area contributed by atoms with Crippen molar-refractivity contribution >= 4 is 6.21 Å². The summed E-state index contributed by atoms with van der Waals surface area (Å²) in [5.74, 6) is 0.749. The zero-order chi connectivity index (χ0) is 16.2. The van der Waals surface area contributed by atoms with Crippen LogP contribution in [0.25, 0.3) is 0 Å². The maximum atomic E-state index is 5.02. The Morgan fingerprint density at radius 2 is 2.05 bits per heavy atom. The number of hydrogen-bond acceptors (Lipinski definition) is 1. The molecule has 0 bridgehead atoms. The quantitative estimate of drug-likeness (QED) is 0.462. The average Bonchev–Trinajstić information content (AvgIpc) is 3.15. The molecular weight excluding hydrogens is 266 g/mol. The summed E-state index contributed by atoms with van der Waals surface area (Å²) in [7, 11) is 0. The van der Waals surface area contributed by atoms with E-state index in [0.29, 0.717) is 5.92 Å². The Kier molecular flexibility index (Phi) is 5.18. The highest BCUT2D eigenvalue weighted by molar-refractivity contribution is 5.67. The van der Waals surface area contributed by atoms with Gasteiger partial charge in [0.2, 0.25) is 0 Å². The maximum Gasteiger partial charge on any atom is 0.0991 e. The van der Waals surface area contributed by atoms with Crippen LogP contribution in [0, 0.1) is 11.8 Å².